The number of hydrogen-bond acceptors (Lipinski definition) is 1. The molecule has 1 N–H and O–H groups in total. The minimum absolute atomic E-state index is 0.132. The Hall–Kier alpha value is -0.110. The molecule has 0 unspecified atom stereocenters. The van der Waals surface area contributed by atoms with E-state index in [9.17, 15) is 4.39 Å². The summed E-state index contributed by atoms with van der Waals surface area (Å²) in [4.78, 5) is 0. The third-order valence-electron chi connectivity index (χ3n) is 5.19. The van der Waals surface area contributed by atoms with Gasteiger partial charge in [0.2, 0.25) is 0 Å². The lowest BCUT2D eigenvalue weighted by Gasteiger charge is -2.05. The molecule has 0 saturated carbocycles. The Kier molecular flexibility index (Phi) is 23.8. The minimum atomic E-state index is -0.132. The summed E-state index contributed by atoms with van der Waals surface area (Å²) >= 11 is 0. The van der Waals surface area contributed by atoms with Gasteiger partial charge in [0, 0.05) is 0 Å². The van der Waals surface area contributed by atoms with Gasteiger partial charge in [-0.2, -0.15) is 0 Å². The Morgan fingerprint density at radius 1 is 0.440 bits per heavy atom. The molecule has 0 aromatic heterocycles. The molecule has 0 bridgehead atoms. The second-order valence-corrected chi connectivity index (χ2v) is 7.80. The number of unbranched alkanes of at least 4 members (excludes halogenated alkanes) is 17. The summed E-state index contributed by atoms with van der Waals surface area (Å²) in [6.45, 7) is 4.58. The van der Waals surface area contributed by atoms with Gasteiger partial charge in [0.15, 0.2) is 0 Å². The van der Waals surface area contributed by atoms with Gasteiger partial charge in [-0.3, -0.25) is 4.39 Å². The molecule has 25 heavy (non-hydrogen) atoms. The number of hydrogen-bond donors (Lipinski definition) is 1. The van der Waals surface area contributed by atoms with Crippen molar-refractivity contribution in [1.29, 1.82) is 0 Å². The highest BCUT2D eigenvalue weighted by Gasteiger charge is 1.95. The van der Waals surface area contributed by atoms with E-state index in [1.165, 1.54) is 122 Å². The number of alkyl halides is 1. The average molecular weight is 358 g/mol. The van der Waals surface area contributed by atoms with E-state index in [2.05, 4.69) is 12.2 Å². The van der Waals surface area contributed by atoms with Crippen LogP contribution in [0.25, 0.3) is 0 Å². The van der Waals surface area contributed by atoms with Crippen LogP contribution in [-0.2, 0) is 0 Å². The molecule has 0 aliphatic heterocycles. The zero-order chi connectivity index (χ0) is 18.3. The molecule has 0 aromatic rings. The van der Waals surface area contributed by atoms with Gasteiger partial charge < -0.3 is 5.32 Å². The summed E-state index contributed by atoms with van der Waals surface area (Å²) < 4.78 is 11.9. The zero-order valence-electron chi connectivity index (χ0n) is 17.4. The molecule has 0 spiro atoms. The highest BCUT2D eigenvalue weighted by molar-refractivity contribution is 4.53. The Bertz CT molecular complexity index is 198. The van der Waals surface area contributed by atoms with E-state index in [4.69, 9.17) is 0 Å². The van der Waals surface area contributed by atoms with Crippen molar-refractivity contribution in [3.63, 3.8) is 0 Å². The first-order valence-corrected chi connectivity index (χ1v) is 11.7. The van der Waals surface area contributed by atoms with Crippen molar-refractivity contribution in [2.24, 2.45) is 0 Å². The van der Waals surface area contributed by atoms with Crippen molar-refractivity contribution < 1.29 is 4.39 Å². The molecule has 1 nitrogen and oxygen atoms in total. The first-order chi connectivity index (χ1) is 12.4. The highest BCUT2D eigenvalue weighted by Crippen LogP contribution is 2.11. The molecule has 0 atom stereocenters. The molecule has 0 heterocycles. The van der Waals surface area contributed by atoms with E-state index in [1.54, 1.807) is 0 Å². The molecule has 0 aliphatic carbocycles. The number of rotatable bonds is 22. The minimum Gasteiger partial charge on any atom is -0.317 e. The van der Waals surface area contributed by atoms with E-state index < -0.39 is 0 Å². The lowest BCUT2D eigenvalue weighted by Crippen LogP contribution is -2.16. The van der Waals surface area contributed by atoms with Gasteiger partial charge in [-0.25, -0.2) is 0 Å². The van der Waals surface area contributed by atoms with Crippen LogP contribution in [0, 0.1) is 0 Å². The quantitative estimate of drug-likeness (QED) is 0.194. The summed E-state index contributed by atoms with van der Waals surface area (Å²) in [6.07, 6.45) is 25.4. The van der Waals surface area contributed by atoms with Crippen molar-refractivity contribution in [2.45, 2.75) is 129 Å². The molecule has 0 aromatic carbocycles. The van der Waals surface area contributed by atoms with Crippen molar-refractivity contribution in [2.75, 3.05) is 19.8 Å². The summed E-state index contributed by atoms with van der Waals surface area (Å²) in [5, 5.41) is 3.60. The van der Waals surface area contributed by atoms with Gasteiger partial charge in [0.25, 0.3) is 0 Å². The Balaban J connectivity index is 2.94. The van der Waals surface area contributed by atoms with Crippen LogP contribution in [0.1, 0.15) is 129 Å². The first kappa shape index (κ1) is 24.9. The normalized spacial score (nSPS) is 11.3. The smallest absolute Gasteiger partial charge is 0.0894 e. The fourth-order valence-electron chi connectivity index (χ4n) is 3.44. The molecule has 2 heteroatoms. The molecular weight excluding hydrogens is 309 g/mol. The lowest BCUT2D eigenvalue weighted by atomic mass is 10.1. The van der Waals surface area contributed by atoms with Crippen molar-refractivity contribution in [3.05, 3.63) is 0 Å². The largest absolute Gasteiger partial charge is 0.317 e. The first-order valence-electron chi connectivity index (χ1n) is 11.7. The molecule has 0 radical (unpaired) electrons. The Labute approximate surface area is 158 Å². The third-order valence-corrected chi connectivity index (χ3v) is 5.19. The standard InChI is InChI=1S/C23H48FN/c1-2-3-4-5-6-10-13-16-19-22-25-23-20-17-14-11-8-7-9-12-15-18-21-24/h25H,2-23H2,1H3. The van der Waals surface area contributed by atoms with Crippen LogP contribution < -0.4 is 5.32 Å². The zero-order valence-corrected chi connectivity index (χ0v) is 17.4. The van der Waals surface area contributed by atoms with E-state index in [-0.39, 0.29) is 6.67 Å². The van der Waals surface area contributed by atoms with E-state index in [1.807, 2.05) is 0 Å². The predicted octanol–water partition coefficient (Wildman–Crippen LogP) is 7.98. The van der Waals surface area contributed by atoms with Crippen LogP contribution in [0.4, 0.5) is 4.39 Å². The molecule has 0 amide bonds. The van der Waals surface area contributed by atoms with Gasteiger partial charge in [-0.15, -0.1) is 0 Å². The maximum atomic E-state index is 11.9. The predicted molar refractivity (Wildman–Crippen MR) is 112 cm³/mol. The van der Waals surface area contributed by atoms with E-state index in [0.29, 0.717) is 0 Å². The lowest BCUT2D eigenvalue weighted by molar-refractivity contribution is 0.448. The SMILES string of the molecule is CCCCCCCCCCCNCCCCCCCCCCCCF. The van der Waals surface area contributed by atoms with Crippen LogP contribution in [-0.4, -0.2) is 19.8 Å². The van der Waals surface area contributed by atoms with Gasteiger partial charge in [-0.05, 0) is 32.4 Å². The summed E-state index contributed by atoms with van der Waals surface area (Å²) in [5.41, 5.74) is 0. The fourth-order valence-corrected chi connectivity index (χ4v) is 3.44. The van der Waals surface area contributed by atoms with Crippen LogP contribution in [0.2, 0.25) is 0 Å². The van der Waals surface area contributed by atoms with Crippen LogP contribution >= 0.6 is 0 Å². The summed E-state index contributed by atoms with van der Waals surface area (Å²) in [5.74, 6) is 0. The number of halogens is 1. The van der Waals surface area contributed by atoms with Gasteiger partial charge in [0.1, 0.15) is 0 Å². The van der Waals surface area contributed by atoms with Crippen molar-refractivity contribution in [1.82, 2.24) is 5.32 Å². The molecule has 0 rings (SSSR count). The van der Waals surface area contributed by atoms with Crippen LogP contribution in [0.5, 0.6) is 0 Å². The van der Waals surface area contributed by atoms with Gasteiger partial charge >= 0.3 is 0 Å². The Morgan fingerprint density at radius 3 is 1.12 bits per heavy atom. The highest BCUT2D eigenvalue weighted by atomic mass is 19.1. The molecular formula is C23H48FN. The van der Waals surface area contributed by atoms with Crippen LogP contribution in [0.3, 0.4) is 0 Å². The van der Waals surface area contributed by atoms with Gasteiger partial charge in [0.05, 0.1) is 6.67 Å². The molecule has 0 aliphatic rings. The van der Waals surface area contributed by atoms with Gasteiger partial charge in [-0.1, -0.05) is 110 Å². The maximum Gasteiger partial charge on any atom is 0.0894 e. The summed E-state index contributed by atoms with van der Waals surface area (Å²) in [6, 6.07) is 0. The van der Waals surface area contributed by atoms with Crippen LogP contribution in [0.15, 0.2) is 0 Å². The third kappa shape index (κ3) is 23.9. The molecule has 0 fully saturated rings. The fraction of sp³-hybridized carbons (Fsp3) is 1.00. The van der Waals surface area contributed by atoms with E-state index in [0.717, 1.165) is 12.8 Å². The average Bonchev–Trinajstić information content (AvgIpc) is 2.63. The second-order valence-electron chi connectivity index (χ2n) is 7.80. The van der Waals surface area contributed by atoms with Crippen molar-refractivity contribution in [3.8, 4) is 0 Å². The summed E-state index contributed by atoms with van der Waals surface area (Å²) in [7, 11) is 0. The number of nitrogens with one attached hydrogen (secondary N) is 1. The van der Waals surface area contributed by atoms with Crippen molar-refractivity contribution >= 4 is 0 Å². The monoisotopic (exact) mass is 357 g/mol. The molecule has 0 saturated heterocycles. The molecule has 152 valence electrons. The topological polar surface area (TPSA) is 12.0 Å². The van der Waals surface area contributed by atoms with E-state index >= 15 is 0 Å². The second kappa shape index (κ2) is 23.9. The maximum absolute atomic E-state index is 11.9. The Morgan fingerprint density at radius 2 is 0.760 bits per heavy atom.